The summed E-state index contributed by atoms with van der Waals surface area (Å²) in [5.74, 6) is 0.879. The number of thiophene rings is 1. The molecule has 1 atom stereocenters. The van der Waals surface area contributed by atoms with Gasteiger partial charge in [0.25, 0.3) is 0 Å². The van der Waals surface area contributed by atoms with Crippen molar-refractivity contribution in [3.05, 3.63) is 77.1 Å². The standard InChI is InChI=1S/C19H19N5OS/c25-19(13-16(15-7-12-26-14-15)23-9-3-4-10-23)20-8-6-18-22-21-17-5-1-2-11-24(17)18/h1-5,7,9-12,14,16H,6,8,13H2,(H,20,25)/t16-/m1/s1. The van der Waals surface area contributed by atoms with Crippen LogP contribution in [0.3, 0.4) is 0 Å². The van der Waals surface area contributed by atoms with E-state index in [0.717, 1.165) is 17.0 Å². The molecule has 0 fully saturated rings. The van der Waals surface area contributed by atoms with Gasteiger partial charge >= 0.3 is 0 Å². The van der Waals surface area contributed by atoms with Crippen molar-refractivity contribution < 1.29 is 4.79 Å². The van der Waals surface area contributed by atoms with Crippen molar-refractivity contribution in [1.82, 2.24) is 24.5 Å². The molecule has 0 aliphatic rings. The van der Waals surface area contributed by atoms with E-state index in [1.165, 1.54) is 0 Å². The smallest absolute Gasteiger partial charge is 0.222 e. The molecule has 4 rings (SSSR count). The van der Waals surface area contributed by atoms with Crippen LogP contribution in [0.4, 0.5) is 0 Å². The van der Waals surface area contributed by atoms with Crippen LogP contribution in [0.1, 0.15) is 23.9 Å². The molecule has 7 heteroatoms. The summed E-state index contributed by atoms with van der Waals surface area (Å²) in [6.07, 6.45) is 6.98. The van der Waals surface area contributed by atoms with Crippen molar-refractivity contribution in [3.63, 3.8) is 0 Å². The molecule has 0 aliphatic heterocycles. The third-order valence-corrected chi connectivity index (χ3v) is 5.05. The van der Waals surface area contributed by atoms with Crippen LogP contribution in [0, 0.1) is 0 Å². The van der Waals surface area contributed by atoms with Gasteiger partial charge in [-0.1, -0.05) is 6.07 Å². The molecule has 132 valence electrons. The summed E-state index contributed by atoms with van der Waals surface area (Å²) in [7, 11) is 0. The summed E-state index contributed by atoms with van der Waals surface area (Å²) in [4.78, 5) is 12.5. The van der Waals surface area contributed by atoms with E-state index in [2.05, 4.69) is 31.5 Å². The Morgan fingerprint density at radius 1 is 1.12 bits per heavy atom. The zero-order valence-electron chi connectivity index (χ0n) is 14.2. The quantitative estimate of drug-likeness (QED) is 0.548. The molecule has 0 unspecified atom stereocenters. The van der Waals surface area contributed by atoms with E-state index in [9.17, 15) is 4.79 Å². The van der Waals surface area contributed by atoms with Gasteiger partial charge in [0, 0.05) is 31.6 Å². The zero-order valence-corrected chi connectivity index (χ0v) is 15.0. The zero-order chi connectivity index (χ0) is 17.8. The second-order valence-corrected chi connectivity index (χ2v) is 6.83. The number of hydrogen-bond donors (Lipinski definition) is 1. The van der Waals surface area contributed by atoms with E-state index in [0.29, 0.717) is 19.4 Å². The van der Waals surface area contributed by atoms with Crippen molar-refractivity contribution >= 4 is 22.9 Å². The molecule has 4 aromatic rings. The van der Waals surface area contributed by atoms with Crippen LogP contribution in [-0.4, -0.2) is 31.6 Å². The number of nitrogens with one attached hydrogen (secondary N) is 1. The molecule has 0 radical (unpaired) electrons. The number of hydrogen-bond acceptors (Lipinski definition) is 4. The predicted molar refractivity (Wildman–Crippen MR) is 101 cm³/mol. The highest BCUT2D eigenvalue weighted by atomic mass is 32.1. The normalized spacial score (nSPS) is 12.3. The number of carbonyl (C=O) groups excluding carboxylic acids is 1. The number of nitrogens with zero attached hydrogens (tertiary/aromatic N) is 4. The van der Waals surface area contributed by atoms with E-state index >= 15 is 0 Å². The van der Waals surface area contributed by atoms with E-state index in [-0.39, 0.29) is 11.9 Å². The van der Waals surface area contributed by atoms with Gasteiger partial charge in [-0.05, 0) is 46.7 Å². The summed E-state index contributed by atoms with van der Waals surface area (Å²) < 4.78 is 4.02. The molecule has 0 saturated heterocycles. The molecule has 4 aromatic heterocycles. The molecule has 26 heavy (non-hydrogen) atoms. The Morgan fingerprint density at radius 2 is 1.96 bits per heavy atom. The molecular formula is C19H19N5OS. The van der Waals surface area contributed by atoms with Gasteiger partial charge in [-0.2, -0.15) is 11.3 Å². The van der Waals surface area contributed by atoms with Crippen molar-refractivity contribution in [2.75, 3.05) is 6.54 Å². The number of amides is 1. The minimum Gasteiger partial charge on any atom is -0.356 e. The highest BCUT2D eigenvalue weighted by Crippen LogP contribution is 2.24. The van der Waals surface area contributed by atoms with Gasteiger partial charge in [0.1, 0.15) is 5.82 Å². The molecular weight excluding hydrogens is 346 g/mol. The van der Waals surface area contributed by atoms with Crippen LogP contribution in [0.5, 0.6) is 0 Å². The fourth-order valence-electron chi connectivity index (χ4n) is 3.04. The van der Waals surface area contributed by atoms with Crippen molar-refractivity contribution in [3.8, 4) is 0 Å². The second-order valence-electron chi connectivity index (χ2n) is 6.05. The van der Waals surface area contributed by atoms with Crippen LogP contribution in [-0.2, 0) is 11.2 Å². The van der Waals surface area contributed by atoms with Crippen LogP contribution in [0.2, 0.25) is 0 Å². The second kappa shape index (κ2) is 7.53. The van der Waals surface area contributed by atoms with E-state index in [4.69, 9.17) is 0 Å². The first-order valence-electron chi connectivity index (χ1n) is 8.51. The largest absolute Gasteiger partial charge is 0.356 e. The first-order chi connectivity index (χ1) is 12.8. The Hall–Kier alpha value is -2.93. The van der Waals surface area contributed by atoms with Crippen LogP contribution in [0.15, 0.2) is 65.7 Å². The lowest BCUT2D eigenvalue weighted by molar-refractivity contribution is -0.121. The highest BCUT2D eigenvalue weighted by molar-refractivity contribution is 7.08. The number of rotatable bonds is 7. The topological polar surface area (TPSA) is 64.2 Å². The van der Waals surface area contributed by atoms with Gasteiger partial charge in [-0.3, -0.25) is 9.20 Å². The summed E-state index contributed by atoms with van der Waals surface area (Å²) in [6.45, 7) is 0.538. The van der Waals surface area contributed by atoms with Gasteiger partial charge in [0.05, 0.1) is 12.5 Å². The lowest BCUT2D eigenvalue weighted by atomic mass is 10.1. The Labute approximate surface area is 155 Å². The van der Waals surface area contributed by atoms with Gasteiger partial charge in [-0.15, -0.1) is 10.2 Å². The van der Waals surface area contributed by atoms with Gasteiger partial charge in [-0.25, -0.2) is 0 Å². The number of aromatic nitrogens is 4. The summed E-state index contributed by atoms with van der Waals surface area (Å²) in [5.41, 5.74) is 1.98. The minimum absolute atomic E-state index is 0.0187. The Balaban J connectivity index is 1.37. The van der Waals surface area contributed by atoms with Crippen molar-refractivity contribution in [2.45, 2.75) is 18.9 Å². The van der Waals surface area contributed by atoms with Gasteiger partial charge in [0.15, 0.2) is 5.65 Å². The van der Waals surface area contributed by atoms with Gasteiger partial charge < -0.3 is 9.88 Å². The first-order valence-corrected chi connectivity index (χ1v) is 9.45. The Bertz CT molecular complexity index is 940. The van der Waals surface area contributed by atoms with E-state index in [1.807, 2.05) is 58.7 Å². The molecule has 0 bridgehead atoms. The number of carbonyl (C=O) groups is 1. The number of pyridine rings is 1. The number of fused-ring (bicyclic) bond motifs is 1. The van der Waals surface area contributed by atoms with Gasteiger partial charge in [0.2, 0.25) is 5.91 Å². The molecule has 6 nitrogen and oxygen atoms in total. The van der Waals surface area contributed by atoms with E-state index < -0.39 is 0 Å². The van der Waals surface area contributed by atoms with Crippen LogP contribution >= 0.6 is 11.3 Å². The maximum absolute atomic E-state index is 12.5. The van der Waals surface area contributed by atoms with Crippen LogP contribution < -0.4 is 5.32 Å². The average molecular weight is 365 g/mol. The average Bonchev–Trinajstić information content (AvgIpc) is 3.41. The molecule has 0 aromatic carbocycles. The Morgan fingerprint density at radius 3 is 2.77 bits per heavy atom. The SMILES string of the molecule is O=C(C[C@H](c1ccsc1)n1cccc1)NCCc1nnc2ccccn12. The fraction of sp³-hybridized carbons (Fsp3) is 0.211. The molecule has 4 heterocycles. The van der Waals surface area contributed by atoms with Crippen molar-refractivity contribution in [2.24, 2.45) is 0 Å². The monoisotopic (exact) mass is 365 g/mol. The molecule has 1 N–H and O–H groups in total. The Kier molecular flexibility index (Phi) is 4.79. The minimum atomic E-state index is 0.0187. The van der Waals surface area contributed by atoms with Crippen molar-refractivity contribution in [1.29, 1.82) is 0 Å². The molecule has 0 spiro atoms. The molecule has 0 aliphatic carbocycles. The maximum atomic E-state index is 12.5. The lowest BCUT2D eigenvalue weighted by Gasteiger charge is -2.18. The first kappa shape index (κ1) is 16.5. The molecule has 0 saturated carbocycles. The predicted octanol–water partition coefficient (Wildman–Crippen LogP) is 2.93. The summed E-state index contributed by atoms with van der Waals surface area (Å²) in [6, 6.07) is 11.8. The lowest BCUT2D eigenvalue weighted by Crippen LogP contribution is -2.28. The summed E-state index contributed by atoms with van der Waals surface area (Å²) >= 11 is 1.65. The third kappa shape index (κ3) is 3.52. The van der Waals surface area contributed by atoms with Crippen LogP contribution in [0.25, 0.3) is 5.65 Å². The van der Waals surface area contributed by atoms with E-state index in [1.54, 1.807) is 11.3 Å². The molecule has 1 amide bonds. The maximum Gasteiger partial charge on any atom is 0.222 e. The fourth-order valence-corrected chi connectivity index (χ4v) is 3.75. The summed E-state index contributed by atoms with van der Waals surface area (Å²) in [5, 5.41) is 15.5. The third-order valence-electron chi connectivity index (χ3n) is 4.35. The highest BCUT2D eigenvalue weighted by Gasteiger charge is 2.17.